The van der Waals surface area contributed by atoms with Crippen LogP contribution in [0.15, 0.2) is 0 Å². The van der Waals surface area contributed by atoms with Crippen LogP contribution in [0, 0.1) is 5.92 Å². The highest BCUT2D eigenvalue weighted by atomic mass is 32.1. The molecule has 3 heterocycles. The lowest BCUT2D eigenvalue weighted by Gasteiger charge is -2.18. The molecule has 2 aliphatic heterocycles. The van der Waals surface area contributed by atoms with Crippen LogP contribution in [0.25, 0.3) is 0 Å². The standard InChI is InChI=1S/C9H13N3OS/c1-13-9-10-8(14-11-9)7-5-12-3-2-6(7)4-12/h6-7H,2-5H2,1H3/t6-,7+/m0/s1. The quantitative estimate of drug-likeness (QED) is 0.730. The fraction of sp³-hybridized carbons (Fsp3) is 0.778. The van der Waals surface area contributed by atoms with Gasteiger partial charge in [0.05, 0.1) is 7.11 Å². The minimum Gasteiger partial charge on any atom is -0.466 e. The van der Waals surface area contributed by atoms with E-state index in [1.165, 1.54) is 37.6 Å². The van der Waals surface area contributed by atoms with Crippen LogP contribution in [0.4, 0.5) is 0 Å². The fourth-order valence-corrected chi connectivity index (χ4v) is 3.33. The summed E-state index contributed by atoms with van der Waals surface area (Å²) in [5.74, 6) is 1.43. The summed E-state index contributed by atoms with van der Waals surface area (Å²) in [4.78, 5) is 6.91. The van der Waals surface area contributed by atoms with Gasteiger partial charge in [0.2, 0.25) is 0 Å². The van der Waals surface area contributed by atoms with E-state index in [4.69, 9.17) is 4.74 Å². The van der Waals surface area contributed by atoms with E-state index in [9.17, 15) is 0 Å². The van der Waals surface area contributed by atoms with Gasteiger partial charge in [0.1, 0.15) is 5.01 Å². The van der Waals surface area contributed by atoms with E-state index in [0.717, 1.165) is 10.9 Å². The summed E-state index contributed by atoms with van der Waals surface area (Å²) in [7, 11) is 1.62. The number of hydrogen-bond donors (Lipinski definition) is 0. The number of fused-ring (bicyclic) bond motifs is 2. The van der Waals surface area contributed by atoms with Crippen molar-refractivity contribution in [3.63, 3.8) is 0 Å². The highest BCUT2D eigenvalue weighted by Gasteiger charge is 2.40. The maximum atomic E-state index is 5.01. The van der Waals surface area contributed by atoms with Crippen molar-refractivity contribution in [1.29, 1.82) is 0 Å². The van der Waals surface area contributed by atoms with Crippen LogP contribution in [-0.2, 0) is 0 Å². The van der Waals surface area contributed by atoms with Gasteiger partial charge in [0.25, 0.3) is 0 Å². The summed E-state index contributed by atoms with van der Waals surface area (Å²) in [6.07, 6.45) is 1.33. The van der Waals surface area contributed by atoms with Crippen LogP contribution in [0.3, 0.4) is 0 Å². The Hall–Kier alpha value is -0.680. The maximum Gasteiger partial charge on any atom is 0.328 e. The van der Waals surface area contributed by atoms with E-state index in [2.05, 4.69) is 14.3 Å². The average molecular weight is 211 g/mol. The van der Waals surface area contributed by atoms with Gasteiger partial charge >= 0.3 is 6.01 Å². The number of aromatic nitrogens is 2. The molecular formula is C9H13N3OS. The molecule has 76 valence electrons. The van der Waals surface area contributed by atoms with Gasteiger partial charge in [-0.2, -0.15) is 4.98 Å². The molecule has 14 heavy (non-hydrogen) atoms. The predicted molar refractivity (Wildman–Crippen MR) is 53.7 cm³/mol. The van der Waals surface area contributed by atoms with Gasteiger partial charge in [0, 0.05) is 19.0 Å². The van der Waals surface area contributed by atoms with Crippen LogP contribution < -0.4 is 4.74 Å². The molecule has 2 aliphatic rings. The molecule has 0 aliphatic carbocycles. The molecule has 4 nitrogen and oxygen atoms in total. The van der Waals surface area contributed by atoms with Gasteiger partial charge in [-0.25, -0.2) is 0 Å². The molecule has 0 radical (unpaired) electrons. The maximum absolute atomic E-state index is 5.01. The summed E-state index contributed by atoms with van der Waals surface area (Å²) < 4.78 is 9.16. The number of ether oxygens (including phenoxy) is 1. The van der Waals surface area contributed by atoms with Crippen molar-refractivity contribution in [1.82, 2.24) is 14.3 Å². The molecule has 2 bridgehead atoms. The van der Waals surface area contributed by atoms with Crippen molar-refractivity contribution in [2.45, 2.75) is 12.3 Å². The molecule has 0 amide bonds. The van der Waals surface area contributed by atoms with Crippen molar-refractivity contribution in [2.24, 2.45) is 5.92 Å². The molecule has 0 spiro atoms. The Balaban J connectivity index is 1.82. The molecule has 2 fully saturated rings. The third-order valence-corrected chi connectivity index (χ3v) is 4.08. The molecule has 2 saturated heterocycles. The molecular weight excluding hydrogens is 198 g/mol. The van der Waals surface area contributed by atoms with E-state index in [1.807, 2.05) is 0 Å². The van der Waals surface area contributed by atoms with E-state index in [0.29, 0.717) is 11.9 Å². The zero-order chi connectivity index (χ0) is 9.54. The first-order valence-corrected chi connectivity index (χ1v) is 5.74. The van der Waals surface area contributed by atoms with Gasteiger partial charge in [-0.15, -0.1) is 4.37 Å². The van der Waals surface area contributed by atoms with Crippen molar-refractivity contribution in [2.75, 3.05) is 26.7 Å². The molecule has 3 rings (SSSR count). The van der Waals surface area contributed by atoms with Crippen molar-refractivity contribution in [3.05, 3.63) is 5.01 Å². The first-order chi connectivity index (χ1) is 6.86. The molecule has 0 aromatic carbocycles. The summed E-state index contributed by atoms with van der Waals surface area (Å²) >= 11 is 1.50. The number of rotatable bonds is 2. The largest absolute Gasteiger partial charge is 0.466 e. The van der Waals surface area contributed by atoms with Crippen LogP contribution in [-0.4, -0.2) is 41.0 Å². The fourth-order valence-electron chi connectivity index (χ4n) is 2.52. The van der Waals surface area contributed by atoms with Crippen molar-refractivity contribution in [3.8, 4) is 6.01 Å². The Kier molecular flexibility index (Phi) is 1.95. The number of nitrogens with zero attached hydrogens (tertiary/aromatic N) is 3. The summed E-state index contributed by atoms with van der Waals surface area (Å²) in [5.41, 5.74) is 0. The second kappa shape index (κ2) is 3.17. The second-order valence-corrected chi connectivity index (χ2v) is 4.82. The van der Waals surface area contributed by atoms with Gasteiger partial charge in [-0.3, -0.25) is 0 Å². The molecule has 3 atom stereocenters. The SMILES string of the molecule is COc1nsc([C@@H]2CN3CC[C@H]2C3)n1. The Labute approximate surface area is 87.1 Å². The number of methoxy groups -OCH3 is 1. The molecule has 0 N–H and O–H groups in total. The molecule has 1 aromatic rings. The van der Waals surface area contributed by atoms with Gasteiger partial charge in [-0.1, -0.05) is 0 Å². The number of piperidine rings is 1. The van der Waals surface area contributed by atoms with Crippen molar-refractivity contribution >= 4 is 11.5 Å². The molecule has 5 heteroatoms. The van der Waals surface area contributed by atoms with Crippen LogP contribution in [0.2, 0.25) is 0 Å². The summed E-state index contributed by atoms with van der Waals surface area (Å²) in [6, 6.07) is 0.530. The summed E-state index contributed by atoms with van der Waals surface area (Å²) in [6.45, 7) is 3.70. The minimum atomic E-state index is 0.530. The Morgan fingerprint density at radius 3 is 3.00 bits per heavy atom. The Morgan fingerprint density at radius 1 is 1.50 bits per heavy atom. The highest BCUT2D eigenvalue weighted by molar-refractivity contribution is 7.05. The minimum absolute atomic E-state index is 0.530. The van der Waals surface area contributed by atoms with Crippen LogP contribution >= 0.6 is 11.5 Å². The highest BCUT2D eigenvalue weighted by Crippen LogP contribution is 2.40. The summed E-state index contributed by atoms with van der Waals surface area (Å²) in [5, 5.41) is 1.16. The Bertz CT molecular complexity index is 341. The molecule has 1 unspecified atom stereocenters. The third-order valence-electron chi connectivity index (χ3n) is 3.26. The van der Waals surface area contributed by atoms with E-state index >= 15 is 0 Å². The van der Waals surface area contributed by atoms with Gasteiger partial charge in [-0.05, 0) is 30.4 Å². The zero-order valence-corrected chi connectivity index (χ0v) is 8.96. The first-order valence-electron chi connectivity index (χ1n) is 4.97. The van der Waals surface area contributed by atoms with E-state index in [1.54, 1.807) is 7.11 Å². The lowest BCUT2D eigenvalue weighted by Crippen LogP contribution is -2.21. The molecule has 0 saturated carbocycles. The van der Waals surface area contributed by atoms with Gasteiger partial charge in [0.15, 0.2) is 0 Å². The predicted octanol–water partition coefficient (Wildman–Crippen LogP) is 0.966. The van der Waals surface area contributed by atoms with E-state index in [-0.39, 0.29) is 0 Å². The zero-order valence-electron chi connectivity index (χ0n) is 8.14. The normalized spacial score (nSPS) is 35.1. The number of hydrogen-bond acceptors (Lipinski definition) is 5. The average Bonchev–Trinajstić information content (AvgIpc) is 2.93. The third kappa shape index (κ3) is 1.23. The Morgan fingerprint density at radius 2 is 2.43 bits per heavy atom. The lowest BCUT2D eigenvalue weighted by atomic mass is 9.93. The lowest BCUT2D eigenvalue weighted by molar-refractivity contribution is 0.343. The van der Waals surface area contributed by atoms with Crippen molar-refractivity contribution < 1.29 is 4.74 Å². The van der Waals surface area contributed by atoms with Crippen LogP contribution in [0.5, 0.6) is 6.01 Å². The topological polar surface area (TPSA) is 38.2 Å². The first kappa shape index (κ1) is 8.61. The smallest absolute Gasteiger partial charge is 0.328 e. The molecule has 1 aromatic heterocycles. The monoisotopic (exact) mass is 211 g/mol. The van der Waals surface area contributed by atoms with E-state index < -0.39 is 0 Å². The van der Waals surface area contributed by atoms with Gasteiger partial charge < -0.3 is 9.64 Å². The van der Waals surface area contributed by atoms with Crippen LogP contribution in [0.1, 0.15) is 17.3 Å². The second-order valence-electron chi connectivity index (χ2n) is 4.03.